The third kappa shape index (κ3) is 4.09. The molecular weight excluding hydrogens is 591 g/mol. The van der Waals surface area contributed by atoms with Gasteiger partial charge in [-0.1, -0.05) is 140 Å². The molecule has 0 fully saturated rings. The van der Waals surface area contributed by atoms with Gasteiger partial charge < -0.3 is 0 Å². The topological polar surface area (TPSA) is 38.7 Å². The molecule has 218 valence electrons. The predicted molar refractivity (Wildman–Crippen MR) is 196 cm³/mol. The predicted octanol–water partition coefficient (Wildman–Crippen LogP) is 11.7. The van der Waals surface area contributed by atoms with Crippen molar-refractivity contribution in [1.29, 1.82) is 0 Å². The maximum atomic E-state index is 4.93. The third-order valence-corrected chi connectivity index (χ3v) is 10.4. The van der Waals surface area contributed by atoms with Crippen LogP contribution in [0.1, 0.15) is 0 Å². The number of hydrogen-bond donors (Lipinski definition) is 0. The number of nitrogens with zero attached hydrogens (tertiary/aromatic N) is 3. The monoisotopic (exact) mass is 615 g/mol. The van der Waals surface area contributed by atoms with E-state index in [9.17, 15) is 0 Å². The van der Waals surface area contributed by atoms with Crippen LogP contribution in [0.3, 0.4) is 0 Å². The van der Waals surface area contributed by atoms with Gasteiger partial charge in [0.2, 0.25) is 0 Å². The highest BCUT2D eigenvalue weighted by atomic mass is 32.1. The highest BCUT2D eigenvalue weighted by Crippen LogP contribution is 2.51. The van der Waals surface area contributed by atoms with E-state index in [2.05, 4.69) is 91.0 Å². The zero-order chi connectivity index (χ0) is 30.9. The molecule has 7 aromatic carbocycles. The Balaban J connectivity index is 1.13. The second kappa shape index (κ2) is 10.3. The van der Waals surface area contributed by atoms with Crippen LogP contribution >= 0.6 is 11.3 Å². The van der Waals surface area contributed by atoms with Crippen molar-refractivity contribution >= 4 is 42.3 Å². The minimum absolute atomic E-state index is 0.657. The summed E-state index contributed by atoms with van der Waals surface area (Å²) in [4.78, 5) is 14.7. The molecular formula is C43H25N3S. The summed E-state index contributed by atoms with van der Waals surface area (Å²) in [6.07, 6.45) is 0. The molecule has 0 bridgehead atoms. The van der Waals surface area contributed by atoms with E-state index in [1.807, 2.05) is 72.0 Å². The average Bonchev–Trinajstić information content (AvgIpc) is 3.48. The summed E-state index contributed by atoms with van der Waals surface area (Å²) in [5.74, 6) is 1.98. The number of aromatic nitrogens is 3. The van der Waals surface area contributed by atoms with Crippen LogP contribution in [0.15, 0.2) is 152 Å². The van der Waals surface area contributed by atoms with Gasteiger partial charge in [-0.2, -0.15) is 0 Å². The zero-order valence-electron chi connectivity index (χ0n) is 25.2. The van der Waals surface area contributed by atoms with Gasteiger partial charge in [-0.05, 0) is 56.3 Å². The van der Waals surface area contributed by atoms with E-state index in [1.165, 1.54) is 58.8 Å². The molecule has 0 unspecified atom stereocenters. The number of hydrogen-bond acceptors (Lipinski definition) is 4. The number of benzene rings is 7. The minimum atomic E-state index is 0.657. The van der Waals surface area contributed by atoms with Gasteiger partial charge in [-0.25, -0.2) is 15.0 Å². The van der Waals surface area contributed by atoms with Gasteiger partial charge in [0.25, 0.3) is 0 Å². The molecule has 0 aliphatic heterocycles. The van der Waals surface area contributed by atoms with Crippen LogP contribution in [-0.4, -0.2) is 15.0 Å². The highest BCUT2D eigenvalue weighted by Gasteiger charge is 2.23. The molecule has 47 heavy (non-hydrogen) atoms. The van der Waals surface area contributed by atoms with E-state index in [0.717, 1.165) is 22.3 Å². The van der Waals surface area contributed by atoms with Gasteiger partial charge in [0.05, 0.1) is 0 Å². The van der Waals surface area contributed by atoms with Crippen LogP contribution in [0.4, 0.5) is 0 Å². The quantitative estimate of drug-likeness (QED) is 0.198. The first kappa shape index (κ1) is 26.3. The Morgan fingerprint density at radius 2 is 0.723 bits per heavy atom. The first-order valence-corrected chi connectivity index (χ1v) is 16.6. The summed E-state index contributed by atoms with van der Waals surface area (Å²) in [5.41, 5.74) is 10.5. The summed E-state index contributed by atoms with van der Waals surface area (Å²) in [5, 5.41) is 5.32. The fourth-order valence-corrected chi connectivity index (χ4v) is 8.32. The Kier molecular flexibility index (Phi) is 5.74. The maximum absolute atomic E-state index is 4.93. The van der Waals surface area contributed by atoms with Gasteiger partial charge in [-0.15, -0.1) is 11.3 Å². The Bertz CT molecular complexity index is 2540. The van der Waals surface area contributed by atoms with Crippen molar-refractivity contribution in [3.63, 3.8) is 0 Å². The standard InChI is InChI=1S/C43H25N3S/c1-3-10-27(11-4-1)41-44-42(28-12-5-2-6-13-28)46-43(45-41)29-22-20-26(21-23-29)30-24-25-35-34-17-9-19-37-40(34)39-33(16-8-18-36(39)47-37)32-15-7-14-31(30)38(32)35/h1-25H. The van der Waals surface area contributed by atoms with Gasteiger partial charge in [0.1, 0.15) is 0 Å². The third-order valence-electron chi connectivity index (χ3n) is 9.30. The van der Waals surface area contributed by atoms with Crippen LogP contribution in [0.5, 0.6) is 0 Å². The lowest BCUT2D eigenvalue weighted by Crippen LogP contribution is -2.00. The fraction of sp³-hybridized carbons (Fsp3) is 0. The summed E-state index contributed by atoms with van der Waals surface area (Å²) in [7, 11) is 0. The summed E-state index contributed by atoms with van der Waals surface area (Å²) < 4.78 is 2.68. The van der Waals surface area contributed by atoms with Crippen molar-refractivity contribution in [2.75, 3.05) is 0 Å². The van der Waals surface area contributed by atoms with E-state index < -0.39 is 0 Å². The molecule has 4 heteroatoms. The normalized spacial score (nSPS) is 11.8. The lowest BCUT2D eigenvalue weighted by molar-refractivity contribution is 1.07. The molecule has 0 saturated heterocycles. The molecule has 0 N–H and O–H groups in total. The molecule has 0 spiro atoms. The van der Waals surface area contributed by atoms with Crippen LogP contribution in [0, 0.1) is 0 Å². The summed E-state index contributed by atoms with van der Waals surface area (Å²) >= 11 is 1.89. The maximum Gasteiger partial charge on any atom is 0.164 e. The van der Waals surface area contributed by atoms with E-state index in [-0.39, 0.29) is 0 Å². The van der Waals surface area contributed by atoms with Crippen molar-refractivity contribution in [3.05, 3.63) is 152 Å². The van der Waals surface area contributed by atoms with Gasteiger partial charge in [0.15, 0.2) is 17.5 Å². The molecule has 1 aliphatic rings. The molecule has 3 nitrogen and oxygen atoms in total. The van der Waals surface area contributed by atoms with Crippen molar-refractivity contribution in [2.45, 2.75) is 0 Å². The number of rotatable bonds is 4. The Hall–Kier alpha value is -5.97. The number of thiophene rings is 1. The molecule has 0 amide bonds. The van der Waals surface area contributed by atoms with Gasteiger partial charge >= 0.3 is 0 Å². The molecule has 0 radical (unpaired) electrons. The van der Waals surface area contributed by atoms with Crippen molar-refractivity contribution < 1.29 is 0 Å². The SMILES string of the molecule is c1ccc(-c2nc(-c3ccccc3)nc(-c3ccc(-c4ccc5c6c(cccc46)-c4cccc6sc7cccc-5c7c46)cc3)n2)cc1. The Morgan fingerprint density at radius 3 is 1.28 bits per heavy atom. The van der Waals surface area contributed by atoms with E-state index in [4.69, 9.17) is 15.0 Å². The van der Waals surface area contributed by atoms with E-state index >= 15 is 0 Å². The number of fused-ring (bicyclic) bond motifs is 2. The second-order valence-electron chi connectivity index (χ2n) is 12.0. The van der Waals surface area contributed by atoms with Gasteiger partial charge in [0, 0.05) is 36.9 Å². The minimum Gasteiger partial charge on any atom is -0.208 e. The fourth-order valence-electron chi connectivity index (χ4n) is 7.16. The van der Waals surface area contributed by atoms with Crippen molar-refractivity contribution in [3.8, 4) is 67.5 Å². The van der Waals surface area contributed by atoms with Crippen molar-refractivity contribution in [2.24, 2.45) is 0 Å². The first-order chi connectivity index (χ1) is 23.3. The molecule has 2 aromatic heterocycles. The Morgan fingerprint density at radius 1 is 0.298 bits per heavy atom. The molecule has 1 aliphatic carbocycles. The van der Waals surface area contributed by atoms with Gasteiger partial charge in [-0.3, -0.25) is 0 Å². The molecule has 2 heterocycles. The average molecular weight is 616 g/mol. The van der Waals surface area contributed by atoms with Crippen LogP contribution in [-0.2, 0) is 0 Å². The van der Waals surface area contributed by atoms with Crippen LogP contribution < -0.4 is 0 Å². The van der Waals surface area contributed by atoms with Crippen LogP contribution in [0.25, 0.3) is 98.5 Å². The molecule has 10 rings (SSSR count). The van der Waals surface area contributed by atoms with Crippen LogP contribution in [0.2, 0.25) is 0 Å². The molecule has 0 atom stereocenters. The second-order valence-corrected chi connectivity index (χ2v) is 13.0. The van der Waals surface area contributed by atoms with E-state index in [1.54, 1.807) is 0 Å². The molecule has 9 aromatic rings. The lowest BCUT2D eigenvalue weighted by Gasteiger charge is -2.15. The summed E-state index contributed by atoms with van der Waals surface area (Å²) in [6, 6.07) is 53.8. The molecule has 0 saturated carbocycles. The smallest absolute Gasteiger partial charge is 0.164 e. The zero-order valence-corrected chi connectivity index (χ0v) is 26.0. The first-order valence-electron chi connectivity index (χ1n) is 15.8. The van der Waals surface area contributed by atoms with Crippen molar-refractivity contribution in [1.82, 2.24) is 15.0 Å². The highest BCUT2D eigenvalue weighted by molar-refractivity contribution is 7.26. The largest absolute Gasteiger partial charge is 0.208 e. The lowest BCUT2D eigenvalue weighted by atomic mass is 9.89. The Labute approximate surface area is 275 Å². The van der Waals surface area contributed by atoms with E-state index in [0.29, 0.717) is 17.5 Å². The summed E-state index contributed by atoms with van der Waals surface area (Å²) in [6.45, 7) is 0.